The molecule has 5 rings (SSSR count). The average molecular weight is 598 g/mol. The number of ether oxygens (including phenoxy) is 1. The molecular weight excluding hydrogens is 577 g/mol. The monoisotopic (exact) mass is 597 g/mol. The summed E-state index contributed by atoms with van der Waals surface area (Å²) in [6.07, 6.45) is 1.57. The van der Waals surface area contributed by atoms with Gasteiger partial charge in [-0.2, -0.15) is 0 Å². The van der Waals surface area contributed by atoms with Crippen LogP contribution < -0.4 is 14.9 Å². The van der Waals surface area contributed by atoms with Crippen molar-refractivity contribution in [1.29, 1.82) is 0 Å². The highest BCUT2D eigenvalue weighted by molar-refractivity contribution is 7.07. The summed E-state index contributed by atoms with van der Waals surface area (Å²) in [4.78, 5) is 42.9. The van der Waals surface area contributed by atoms with Crippen molar-refractivity contribution < 1.29 is 18.9 Å². The van der Waals surface area contributed by atoms with Gasteiger partial charge in [-0.25, -0.2) is 9.79 Å². The van der Waals surface area contributed by atoms with Gasteiger partial charge in [-0.3, -0.25) is 19.5 Å². The Morgan fingerprint density at radius 2 is 1.98 bits per heavy atom. The summed E-state index contributed by atoms with van der Waals surface area (Å²) in [7, 11) is 0. The molecule has 2 aromatic heterocycles. The number of carbonyl (C=O) groups excluding carboxylic acids is 1. The molecule has 1 unspecified atom stereocenters. The maximum absolute atomic E-state index is 13.8. The van der Waals surface area contributed by atoms with Crippen LogP contribution in [0.15, 0.2) is 74.0 Å². The van der Waals surface area contributed by atoms with Crippen LogP contribution in [0.1, 0.15) is 36.8 Å². The summed E-state index contributed by atoms with van der Waals surface area (Å²) in [6.45, 7) is 5.04. The molecule has 0 bridgehead atoms. The van der Waals surface area contributed by atoms with Crippen molar-refractivity contribution in [3.63, 3.8) is 0 Å². The van der Waals surface area contributed by atoms with Gasteiger partial charge in [0.25, 0.3) is 11.2 Å². The number of furan rings is 1. The lowest BCUT2D eigenvalue weighted by Crippen LogP contribution is -2.40. The zero-order valence-electron chi connectivity index (χ0n) is 21.4. The number of hydrogen-bond acceptors (Lipinski definition) is 8. The van der Waals surface area contributed by atoms with Crippen molar-refractivity contribution in [3.05, 3.63) is 117 Å². The van der Waals surface area contributed by atoms with Crippen LogP contribution in [0, 0.1) is 17.0 Å². The van der Waals surface area contributed by atoms with E-state index in [0.717, 1.165) is 11.3 Å². The highest BCUT2D eigenvalue weighted by Gasteiger charge is 2.34. The number of nitro benzene ring substituents is 1. The van der Waals surface area contributed by atoms with E-state index in [1.54, 1.807) is 69.3 Å². The van der Waals surface area contributed by atoms with Gasteiger partial charge < -0.3 is 9.15 Å². The molecule has 0 saturated heterocycles. The molecule has 12 heteroatoms. The smallest absolute Gasteiger partial charge is 0.338 e. The number of thiazole rings is 1. The first kappa shape index (κ1) is 27.6. The van der Waals surface area contributed by atoms with Crippen LogP contribution in [0.3, 0.4) is 0 Å². The summed E-state index contributed by atoms with van der Waals surface area (Å²) in [5.74, 6) is 0.206. The molecular formula is C28H21Cl2N3O6S. The van der Waals surface area contributed by atoms with Gasteiger partial charge in [0.15, 0.2) is 4.80 Å². The van der Waals surface area contributed by atoms with Gasteiger partial charge in [0.05, 0.1) is 38.4 Å². The van der Waals surface area contributed by atoms with Crippen molar-refractivity contribution in [3.8, 4) is 11.3 Å². The number of carbonyl (C=O) groups is 1. The first-order valence-electron chi connectivity index (χ1n) is 12.1. The maximum Gasteiger partial charge on any atom is 0.338 e. The Kier molecular flexibility index (Phi) is 7.50. The number of esters is 1. The number of fused-ring (bicyclic) bond motifs is 1. The quantitative estimate of drug-likeness (QED) is 0.163. The van der Waals surface area contributed by atoms with Crippen LogP contribution in [0.2, 0.25) is 10.0 Å². The lowest BCUT2D eigenvalue weighted by molar-refractivity contribution is -0.385. The molecule has 0 amide bonds. The van der Waals surface area contributed by atoms with Crippen molar-refractivity contribution >= 4 is 52.3 Å². The van der Waals surface area contributed by atoms with E-state index in [9.17, 15) is 19.7 Å². The molecule has 4 aromatic rings. The van der Waals surface area contributed by atoms with Gasteiger partial charge in [-0.1, -0.05) is 46.7 Å². The number of hydrogen-bond donors (Lipinski definition) is 0. The van der Waals surface area contributed by atoms with E-state index >= 15 is 0 Å². The van der Waals surface area contributed by atoms with Crippen LogP contribution in [-0.4, -0.2) is 22.1 Å². The Morgan fingerprint density at radius 1 is 1.20 bits per heavy atom. The predicted molar refractivity (Wildman–Crippen MR) is 152 cm³/mol. The molecule has 0 radical (unpaired) electrons. The summed E-state index contributed by atoms with van der Waals surface area (Å²) in [5, 5.41) is 12.6. The van der Waals surface area contributed by atoms with Crippen molar-refractivity contribution in [2.45, 2.75) is 26.8 Å². The van der Waals surface area contributed by atoms with E-state index in [4.69, 9.17) is 32.4 Å². The van der Waals surface area contributed by atoms with Gasteiger partial charge in [0, 0.05) is 28.3 Å². The molecule has 3 heterocycles. The van der Waals surface area contributed by atoms with E-state index in [1.807, 2.05) is 0 Å². The molecule has 40 heavy (non-hydrogen) atoms. The van der Waals surface area contributed by atoms with Gasteiger partial charge in [-0.05, 0) is 56.7 Å². The number of rotatable bonds is 6. The van der Waals surface area contributed by atoms with Crippen LogP contribution >= 0.6 is 34.5 Å². The largest absolute Gasteiger partial charge is 0.463 e. The molecule has 204 valence electrons. The second kappa shape index (κ2) is 10.9. The van der Waals surface area contributed by atoms with E-state index in [-0.39, 0.29) is 17.9 Å². The second-order valence-corrected chi connectivity index (χ2v) is 10.8. The van der Waals surface area contributed by atoms with Crippen LogP contribution in [-0.2, 0) is 9.53 Å². The lowest BCUT2D eigenvalue weighted by Gasteiger charge is -2.24. The number of allylic oxidation sites excluding steroid dienone is 1. The van der Waals surface area contributed by atoms with Crippen LogP contribution in [0.5, 0.6) is 0 Å². The summed E-state index contributed by atoms with van der Waals surface area (Å²) >= 11 is 13.5. The molecule has 0 fully saturated rings. The van der Waals surface area contributed by atoms with Crippen molar-refractivity contribution in [2.24, 2.45) is 4.99 Å². The summed E-state index contributed by atoms with van der Waals surface area (Å²) < 4.78 is 12.9. The fourth-order valence-electron chi connectivity index (χ4n) is 4.49. The number of nitrogens with zero attached hydrogens (tertiary/aromatic N) is 3. The molecule has 0 saturated carbocycles. The third-order valence-corrected chi connectivity index (χ3v) is 7.90. The Labute approximate surface area is 241 Å². The standard InChI is InChI=1S/C28H21Cl2N3O6S/c1-4-38-27(35)24-15(3)31-28-32(25(24)16-6-5-14(2)21(11-16)33(36)37)26(34)23(40-28)13-18-8-10-22(39-18)19-12-17(29)7-9-20(19)30/h5-13,25H,4H2,1-3H3. The normalized spacial score (nSPS) is 15.1. The van der Waals surface area contributed by atoms with Crippen molar-refractivity contribution in [1.82, 2.24) is 4.57 Å². The van der Waals surface area contributed by atoms with Gasteiger partial charge in [0.2, 0.25) is 0 Å². The fourth-order valence-corrected chi connectivity index (χ4v) is 5.90. The first-order chi connectivity index (χ1) is 19.1. The molecule has 0 spiro atoms. The number of nitro groups is 1. The number of aryl methyl sites for hydroxylation is 1. The lowest BCUT2D eigenvalue weighted by atomic mass is 9.94. The molecule has 1 aliphatic heterocycles. The van der Waals surface area contributed by atoms with Crippen LogP contribution in [0.4, 0.5) is 5.69 Å². The van der Waals surface area contributed by atoms with Gasteiger partial charge in [0.1, 0.15) is 11.5 Å². The van der Waals surface area contributed by atoms with Crippen LogP contribution in [0.25, 0.3) is 17.4 Å². The summed E-state index contributed by atoms with van der Waals surface area (Å²) in [6, 6.07) is 12.1. The highest BCUT2D eigenvalue weighted by atomic mass is 35.5. The highest BCUT2D eigenvalue weighted by Crippen LogP contribution is 2.34. The Morgan fingerprint density at radius 3 is 2.70 bits per heavy atom. The minimum atomic E-state index is -0.978. The van der Waals surface area contributed by atoms with Gasteiger partial charge in [-0.15, -0.1) is 0 Å². The predicted octanol–water partition coefficient (Wildman–Crippen LogP) is 5.58. The molecule has 1 atom stereocenters. The molecule has 9 nitrogen and oxygen atoms in total. The Hall–Kier alpha value is -3.99. The average Bonchev–Trinajstić information content (AvgIpc) is 3.49. The molecule has 2 aromatic carbocycles. The minimum absolute atomic E-state index is 0.109. The zero-order chi connectivity index (χ0) is 28.7. The van der Waals surface area contributed by atoms with Gasteiger partial charge >= 0.3 is 5.97 Å². The number of aromatic nitrogens is 1. The van der Waals surface area contributed by atoms with E-state index in [0.29, 0.717) is 53.3 Å². The zero-order valence-corrected chi connectivity index (χ0v) is 23.8. The van der Waals surface area contributed by atoms with E-state index < -0.39 is 22.5 Å². The molecule has 0 N–H and O–H groups in total. The fraction of sp³-hybridized carbons (Fsp3) is 0.179. The Bertz CT molecular complexity index is 1900. The number of benzene rings is 2. The molecule has 0 aliphatic carbocycles. The van der Waals surface area contributed by atoms with E-state index in [2.05, 4.69) is 4.99 Å². The first-order valence-corrected chi connectivity index (χ1v) is 13.7. The Balaban J connectivity index is 1.67. The topological polar surface area (TPSA) is 117 Å². The van der Waals surface area contributed by atoms with Crippen molar-refractivity contribution in [2.75, 3.05) is 6.61 Å². The van der Waals surface area contributed by atoms with E-state index in [1.165, 1.54) is 10.6 Å². The minimum Gasteiger partial charge on any atom is -0.463 e. The molecule has 1 aliphatic rings. The SMILES string of the molecule is CCOC(=O)C1=C(C)N=c2sc(=Cc3ccc(-c4cc(Cl)ccc4Cl)o3)c(=O)n2C1c1ccc(C)c([N+](=O)[O-])c1. The second-order valence-electron chi connectivity index (χ2n) is 8.93. The summed E-state index contributed by atoms with van der Waals surface area (Å²) in [5.41, 5.74) is 1.37. The third-order valence-electron chi connectivity index (χ3n) is 6.36. The number of halogens is 2. The maximum atomic E-state index is 13.8. The third kappa shape index (κ3) is 5.01.